The molecule has 1 heterocycles. The normalized spacial score (nSPS) is 22.3. The molecule has 0 radical (unpaired) electrons. The maximum atomic E-state index is 12.2. The number of imide groups is 1. The Morgan fingerprint density at radius 1 is 1.16 bits per heavy atom. The van der Waals surface area contributed by atoms with Crippen LogP contribution in [0.1, 0.15) is 28.7 Å². The minimum atomic E-state index is -1.03. The van der Waals surface area contributed by atoms with E-state index in [0.717, 1.165) is 22.3 Å². The van der Waals surface area contributed by atoms with Crippen LogP contribution in [0.4, 0.5) is 4.79 Å². The number of hydrogen-bond acceptors (Lipinski definition) is 3. The van der Waals surface area contributed by atoms with Crippen molar-refractivity contribution in [2.45, 2.75) is 32.7 Å². The van der Waals surface area contributed by atoms with Gasteiger partial charge in [-0.1, -0.05) is 17.7 Å². The Hall–Kier alpha value is -1.88. The van der Waals surface area contributed by atoms with E-state index in [0.29, 0.717) is 13.0 Å². The lowest BCUT2D eigenvalue weighted by Gasteiger charge is -2.29. The third-order valence-electron chi connectivity index (χ3n) is 3.56. The van der Waals surface area contributed by atoms with E-state index in [9.17, 15) is 9.59 Å². The summed E-state index contributed by atoms with van der Waals surface area (Å²) in [5, 5.41) is 5.07. The maximum absolute atomic E-state index is 12.2. The van der Waals surface area contributed by atoms with Gasteiger partial charge in [0.15, 0.2) is 0 Å². The predicted molar refractivity (Wildman–Crippen MR) is 72.7 cm³/mol. The molecule has 0 bridgehead atoms. The first-order chi connectivity index (χ1) is 8.90. The number of carbonyl (C=O) groups is 2. The molecule has 1 saturated heterocycles. The zero-order chi connectivity index (χ0) is 14.2. The van der Waals surface area contributed by atoms with Gasteiger partial charge in [-0.3, -0.25) is 10.1 Å². The van der Waals surface area contributed by atoms with Crippen LogP contribution in [0.5, 0.6) is 0 Å². The Kier molecular flexibility index (Phi) is 3.32. The average molecular weight is 261 g/mol. The van der Waals surface area contributed by atoms with Gasteiger partial charge in [-0.25, -0.2) is 4.79 Å². The molecule has 102 valence electrons. The molecule has 1 atom stereocenters. The van der Waals surface area contributed by atoms with Crippen LogP contribution in [0.25, 0.3) is 0 Å². The van der Waals surface area contributed by atoms with Crippen LogP contribution in [0.15, 0.2) is 12.1 Å². The lowest BCUT2D eigenvalue weighted by Crippen LogP contribution is -2.46. The summed E-state index contributed by atoms with van der Waals surface area (Å²) in [4.78, 5) is 23.8. The van der Waals surface area contributed by atoms with Crippen molar-refractivity contribution < 1.29 is 9.59 Å². The average Bonchev–Trinajstić information content (AvgIpc) is 2.53. The Bertz CT molecular complexity index is 531. The molecule has 3 amide bonds. The summed E-state index contributed by atoms with van der Waals surface area (Å²) < 4.78 is 0. The fourth-order valence-electron chi connectivity index (χ4n) is 3.04. The molecule has 0 aliphatic carbocycles. The lowest BCUT2D eigenvalue weighted by molar-refractivity contribution is -0.124. The number of benzene rings is 1. The van der Waals surface area contributed by atoms with E-state index in [2.05, 4.69) is 10.6 Å². The minimum Gasteiger partial charge on any atom is -0.330 e. The van der Waals surface area contributed by atoms with Crippen molar-refractivity contribution in [3.63, 3.8) is 0 Å². The number of aryl methyl sites for hydroxylation is 3. The number of amides is 3. The number of carbonyl (C=O) groups excluding carboxylic acids is 2. The molecule has 5 nitrogen and oxygen atoms in total. The number of rotatable bonds is 3. The van der Waals surface area contributed by atoms with E-state index in [1.165, 1.54) is 0 Å². The molecule has 1 fully saturated rings. The van der Waals surface area contributed by atoms with Gasteiger partial charge in [0.25, 0.3) is 5.91 Å². The summed E-state index contributed by atoms with van der Waals surface area (Å²) in [5.41, 5.74) is 8.57. The third-order valence-corrected chi connectivity index (χ3v) is 3.56. The first-order valence-electron chi connectivity index (χ1n) is 6.32. The van der Waals surface area contributed by atoms with Crippen molar-refractivity contribution in [3.8, 4) is 0 Å². The van der Waals surface area contributed by atoms with Gasteiger partial charge in [0.2, 0.25) is 0 Å². The molecule has 0 aromatic heterocycles. The first-order valence-corrected chi connectivity index (χ1v) is 6.32. The van der Waals surface area contributed by atoms with E-state index in [1.807, 2.05) is 32.9 Å². The second-order valence-corrected chi connectivity index (χ2v) is 5.13. The van der Waals surface area contributed by atoms with Gasteiger partial charge in [0.1, 0.15) is 5.54 Å². The quantitative estimate of drug-likeness (QED) is 0.710. The van der Waals surface area contributed by atoms with Gasteiger partial charge in [-0.15, -0.1) is 0 Å². The standard InChI is InChI=1S/C14H19N3O2/c1-8-6-9(2)11(10(3)7-8)14(4-5-15)12(18)16-13(19)17-14/h6-7H,4-5,15H2,1-3H3,(H2,16,17,18,19). The summed E-state index contributed by atoms with van der Waals surface area (Å²) in [7, 11) is 0. The number of hydrogen-bond donors (Lipinski definition) is 3. The Balaban J connectivity index is 2.64. The minimum absolute atomic E-state index is 0.320. The van der Waals surface area contributed by atoms with Crippen LogP contribution in [0.3, 0.4) is 0 Å². The molecular formula is C14H19N3O2. The summed E-state index contributed by atoms with van der Waals surface area (Å²) in [5.74, 6) is -0.321. The highest BCUT2D eigenvalue weighted by atomic mass is 16.2. The molecular weight excluding hydrogens is 242 g/mol. The zero-order valence-corrected chi connectivity index (χ0v) is 11.5. The molecule has 1 aliphatic heterocycles. The molecule has 1 aromatic rings. The van der Waals surface area contributed by atoms with Crippen molar-refractivity contribution in [1.29, 1.82) is 0 Å². The van der Waals surface area contributed by atoms with Crippen molar-refractivity contribution in [3.05, 3.63) is 34.4 Å². The monoisotopic (exact) mass is 261 g/mol. The van der Waals surface area contributed by atoms with E-state index < -0.39 is 11.6 Å². The van der Waals surface area contributed by atoms with Crippen LogP contribution >= 0.6 is 0 Å². The highest BCUT2D eigenvalue weighted by Gasteiger charge is 2.48. The number of nitrogens with two attached hydrogens (primary N) is 1. The molecule has 0 saturated carbocycles. The Morgan fingerprint density at radius 2 is 1.74 bits per heavy atom. The van der Waals surface area contributed by atoms with Gasteiger partial charge < -0.3 is 11.1 Å². The van der Waals surface area contributed by atoms with Gasteiger partial charge in [0, 0.05) is 0 Å². The summed E-state index contributed by atoms with van der Waals surface area (Å²) >= 11 is 0. The van der Waals surface area contributed by atoms with Crippen molar-refractivity contribution in [1.82, 2.24) is 10.6 Å². The van der Waals surface area contributed by atoms with E-state index >= 15 is 0 Å². The second kappa shape index (κ2) is 4.66. The third kappa shape index (κ3) is 2.10. The van der Waals surface area contributed by atoms with Crippen LogP contribution in [0, 0.1) is 20.8 Å². The fraction of sp³-hybridized carbons (Fsp3) is 0.429. The SMILES string of the molecule is Cc1cc(C)c(C2(CCN)NC(=O)NC2=O)c(C)c1. The Labute approximate surface area is 112 Å². The molecule has 0 spiro atoms. The Morgan fingerprint density at radius 3 is 2.16 bits per heavy atom. The molecule has 1 aromatic carbocycles. The van der Waals surface area contributed by atoms with E-state index in [-0.39, 0.29) is 5.91 Å². The van der Waals surface area contributed by atoms with Crippen LogP contribution in [-0.2, 0) is 10.3 Å². The number of nitrogens with one attached hydrogen (secondary N) is 2. The van der Waals surface area contributed by atoms with Gasteiger partial charge >= 0.3 is 6.03 Å². The highest BCUT2D eigenvalue weighted by molar-refractivity contribution is 6.07. The molecule has 5 heteroatoms. The van der Waals surface area contributed by atoms with Gasteiger partial charge in [-0.2, -0.15) is 0 Å². The number of urea groups is 1. The van der Waals surface area contributed by atoms with Crippen LogP contribution in [0.2, 0.25) is 0 Å². The molecule has 4 N–H and O–H groups in total. The van der Waals surface area contributed by atoms with Crippen LogP contribution in [-0.4, -0.2) is 18.5 Å². The molecule has 19 heavy (non-hydrogen) atoms. The second-order valence-electron chi connectivity index (χ2n) is 5.13. The first kappa shape index (κ1) is 13.5. The van der Waals surface area contributed by atoms with Crippen molar-refractivity contribution in [2.75, 3.05) is 6.54 Å². The van der Waals surface area contributed by atoms with Crippen molar-refractivity contribution in [2.24, 2.45) is 5.73 Å². The summed E-state index contributed by atoms with van der Waals surface area (Å²) in [6, 6.07) is 3.56. The summed E-state index contributed by atoms with van der Waals surface area (Å²) in [6.07, 6.45) is 0.384. The van der Waals surface area contributed by atoms with Crippen LogP contribution < -0.4 is 16.4 Å². The largest absolute Gasteiger partial charge is 0.330 e. The van der Waals surface area contributed by atoms with Gasteiger partial charge in [0.05, 0.1) is 0 Å². The predicted octanol–water partition coefficient (Wildman–Crippen LogP) is 0.995. The highest BCUT2D eigenvalue weighted by Crippen LogP contribution is 2.33. The van der Waals surface area contributed by atoms with E-state index in [1.54, 1.807) is 0 Å². The van der Waals surface area contributed by atoms with E-state index in [4.69, 9.17) is 5.73 Å². The molecule has 1 unspecified atom stereocenters. The summed E-state index contributed by atoms with van der Waals surface area (Å²) in [6.45, 7) is 6.23. The smallest absolute Gasteiger partial charge is 0.322 e. The fourth-order valence-corrected chi connectivity index (χ4v) is 3.04. The van der Waals surface area contributed by atoms with Crippen molar-refractivity contribution >= 4 is 11.9 Å². The molecule has 2 rings (SSSR count). The lowest BCUT2D eigenvalue weighted by atomic mass is 9.80. The topological polar surface area (TPSA) is 84.2 Å². The van der Waals surface area contributed by atoms with Gasteiger partial charge in [-0.05, 0) is 50.4 Å². The maximum Gasteiger partial charge on any atom is 0.322 e. The zero-order valence-electron chi connectivity index (χ0n) is 11.5. The molecule has 1 aliphatic rings.